The van der Waals surface area contributed by atoms with Crippen LogP contribution in [0.15, 0.2) is 35.6 Å². The molecule has 3 unspecified atom stereocenters. The van der Waals surface area contributed by atoms with Crippen molar-refractivity contribution >= 4 is 17.7 Å². The maximum Gasteiger partial charge on any atom is 0.337 e. The minimum Gasteiger partial charge on any atom is -0.483 e. The molecule has 0 radical (unpaired) electrons. The number of fused-ring (bicyclic) bond motifs is 1. The number of amides is 1. The molecule has 2 heterocycles. The van der Waals surface area contributed by atoms with Crippen LogP contribution in [0.2, 0.25) is 0 Å². The molecule has 1 fully saturated rings. The highest BCUT2D eigenvalue weighted by molar-refractivity contribution is 6.11. The standard InChI is InChI=1S/C25H32N2O5/c1-4-26(5-2)14-15-27-21(16-10-12-17(13-11-16)25(30)31-3)20-22(28)18-8-6-7-9-19(18)32-23(20)24(27)29/h10-13,18-19,21H,4-9,14-15H2,1-3H3. The molecule has 4 rings (SSSR count). The summed E-state index contributed by atoms with van der Waals surface area (Å²) in [6, 6.07) is 6.50. The van der Waals surface area contributed by atoms with Gasteiger partial charge in [-0.05, 0) is 50.0 Å². The molecule has 0 N–H and O–H groups in total. The third-order valence-corrected chi connectivity index (χ3v) is 7.06. The van der Waals surface area contributed by atoms with E-state index in [4.69, 9.17) is 9.47 Å². The quantitative estimate of drug-likeness (QED) is 0.607. The molecule has 172 valence electrons. The number of esters is 1. The van der Waals surface area contributed by atoms with Crippen molar-refractivity contribution in [3.63, 3.8) is 0 Å². The molecule has 3 atom stereocenters. The predicted octanol–water partition coefficient (Wildman–Crippen LogP) is 3.11. The number of hydrogen-bond acceptors (Lipinski definition) is 6. The van der Waals surface area contributed by atoms with Crippen molar-refractivity contribution in [2.45, 2.75) is 51.7 Å². The molecule has 0 spiro atoms. The molecule has 1 aliphatic carbocycles. The van der Waals surface area contributed by atoms with Crippen LogP contribution < -0.4 is 0 Å². The van der Waals surface area contributed by atoms with Crippen LogP contribution >= 0.6 is 0 Å². The molecule has 1 saturated carbocycles. The number of nitrogens with zero attached hydrogens (tertiary/aromatic N) is 2. The number of likely N-dealkylation sites (N-methyl/N-ethyl adjacent to an activating group) is 1. The Labute approximate surface area is 189 Å². The summed E-state index contributed by atoms with van der Waals surface area (Å²) in [5, 5.41) is 0. The van der Waals surface area contributed by atoms with E-state index in [-0.39, 0.29) is 29.5 Å². The normalized spacial score (nSPS) is 25.0. The Morgan fingerprint density at radius 1 is 1.12 bits per heavy atom. The Morgan fingerprint density at radius 3 is 2.47 bits per heavy atom. The number of ether oxygens (including phenoxy) is 2. The number of carbonyl (C=O) groups is 3. The van der Waals surface area contributed by atoms with Gasteiger partial charge < -0.3 is 19.3 Å². The molecular weight excluding hydrogens is 408 g/mol. The maximum atomic E-state index is 13.6. The Balaban J connectivity index is 1.70. The lowest BCUT2D eigenvalue weighted by Gasteiger charge is -2.35. The highest BCUT2D eigenvalue weighted by atomic mass is 16.5. The number of ketones is 1. The second kappa shape index (κ2) is 9.45. The van der Waals surface area contributed by atoms with Gasteiger partial charge in [-0.15, -0.1) is 0 Å². The zero-order valence-electron chi connectivity index (χ0n) is 19.1. The van der Waals surface area contributed by atoms with Gasteiger partial charge in [0.05, 0.1) is 30.2 Å². The van der Waals surface area contributed by atoms with E-state index in [2.05, 4.69) is 18.7 Å². The van der Waals surface area contributed by atoms with E-state index in [1.807, 2.05) is 12.1 Å². The molecule has 3 aliphatic rings. The Bertz CT molecular complexity index is 919. The van der Waals surface area contributed by atoms with Crippen molar-refractivity contribution < 1.29 is 23.9 Å². The van der Waals surface area contributed by atoms with Crippen molar-refractivity contribution in [2.75, 3.05) is 33.3 Å². The van der Waals surface area contributed by atoms with E-state index in [0.717, 1.165) is 50.9 Å². The lowest BCUT2D eigenvalue weighted by molar-refractivity contribution is -0.135. The van der Waals surface area contributed by atoms with Crippen LogP contribution in [0.5, 0.6) is 0 Å². The number of methoxy groups -OCH3 is 1. The zero-order chi connectivity index (χ0) is 22.8. The third-order valence-electron chi connectivity index (χ3n) is 7.06. The van der Waals surface area contributed by atoms with Crippen molar-refractivity contribution in [3.8, 4) is 0 Å². The van der Waals surface area contributed by atoms with Crippen molar-refractivity contribution in [1.29, 1.82) is 0 Å². The first-order chi connectivity index (χ1) is 15.5. The van der Waals surface area contributed by atoms with Gasteiger partial charge in [-0.25, -0.2) is 4.79 Å². The minimum absolute atomic E-state index is 0.0525. The first-order valence-electron chi connectivity index (χ1n) is 11.7. The summed E-state index contributed by atoms with van der Waals surface area (Å²) in [5.41, 5.74) is 1.73. The van der Waals surface area contributed by atoms with Crippen LogP contribution in [0, 0.1) is 5.92 Å². The van der Waals surface area contributed by atoms with Gasteiger partial charge in [0.1, 0.15) is 6.10 Å². The smallest absolute Gasteiger partial charge is 0.337 e. The van der Waals surface area contributed by atoms with Gasteiger partial charge in [0.2, 0.25) is 0 Å². The molecule has 0 saturated heterocycles. The molecule has 32 heavy (non-hydrogen) atoms. The molecule has 7 heteroatoms. The lowest BCUT2D eigenvalue weighted by atomic mass is 9.77. The summed E-state index contributed by atoms with van der Waals surface area (Å²) in [5.74, 6) is -0.502. The molecule has 0 bridgehead atoms. The summed E-state index contributed by atoms with van der Waals surface area (Å²) < 4.78 is 11.0. The van der Waals surface area contributed by atoms with Gasteiger partial charge in [0.25, 0.3) is 5.91 Å². The second-order valence-corrected chi connectivity index (χ2v) is 8.70. The monoisotopic (exact) mass is 440 g/mol. The molecule has 1 aromatic rings. The van der Waals surface area contributed by atoms with E-state index in [0.29, 0.717) is 17.7 Å². The molecule has 7 nitrogen and oxygen atoms in total. The summed E-state index contributed by atoms with van der Waals surface area (Å²) in [4.78, 5) is 42.9. The number of benzene rings is 1. The first kappa shape index (κ1) is 22.5. The third kappa shape index (κ3) is 3.94. The van der Waals surface area contributed by atoms with E-state index in [1.54, 1.807) is 17.0 Å². The van der Waals surface area contributed by atoms with Gasteiger partial charge in [-0.1, -0.05) is 32.4 Å². The summed E-state index contributed by atoms with van der Waals surface area (Å²) in [6.45, 7) is 7.20. The van der Waals surface area contributed by atoms with Gasteiger partial charge in [0.15, 0.2) is 11.5 Å². The Hall–Kier alpha value is -2.67. The first-order valence-corrected chi connectivity index (χ1v) is 11.7. The van der Waals surface area contributed by atoms with Crippen molar-refractivity contribution in [3.05, 3.63) is 46.7 Å². The number of rotatable bonds is 7. The van der Waals surface area contributed by atoms with E-state index < -0.39 is 12.0 Å². The fourth-order valence-corrected chi connectivity index (χ4v) is 5.18. The molecule has 1 aromatic carbocycles. The minimum atomic E-state index is -0.491. The molecule has 2 aliphatic heterocycles. The molecule has 1 amide bonds. The summed E-state index contributed by atoms with van der Waals surface area (Å²) in [6.07, 6.45) is 3.47. The van der Waals surface area contributed by atoms with Crippen LogP contribution in [0.3, 0.4) is 0 Å². The summed E-state index contributed by atoms with van der Waals surface area (Å²) in [7, 11) is 1.34. The average Bonchev–Trinajstić information content (AvgIpc) is 3.11. The fraction of sp³-hybridized carbons (Fsp3) is 0.560. The lowest BCUT2D eigenvalue weighted by Crippen LogP contribution is -2.39. The van der Waals surface area contributed by atoms with Gasteiger partial charge in [-0.2, -0.15) is 0 Å². The highest BCUT2D eigenvalue weighted by Gasteiger charge is 2.51. The van der Waals surface area contributed by atoms with E-state index in [1.165, 1.54) is 7.11 Å². The largest absolute Gasteiger partial charge is 0.483 e. The fourth-order valence-electron chi connectivity index (χ4n) is 5.18. The van der Waals surface area contributed by atoms with Gasteiger partial charge in [-0.3, -0.25) is 9.59 Å². The van der Waals surface area contributed by atoms with Gasteiger partial charge in [0, 0.05) is 13.1 Å². The Morgan fingerprint density at radius 2 is 1.81 bits per heavy atom. The van der Waals surface area contributed by atoms with Crippen LogP contribution in [-0.4, -0.2) is 66.9 Å². The highest BCUT2D eigenvalue weighted by Crippen LogP contribution is 2.46. The molecular formula is C25H32N2O5. The van der Waals surface area contributed by atoms with Crippen molar-refractivity contribution in [1.82, 2.24) is 9.80 Å². The zero-order valence-corrected chi connectivity index (χ0v) is 19.1. The SMILES string of the molecule is CCN(CC)CCN1C(=O)C2=C(C(=O)C3CCCCC3O2)C1c1ccc(C(=O)OC)cc1. The average molecular weight is 441 g/mol. The van der Waals surface area contributed by atoms with Crippen LogP contribution in [0.1, 0.15) is 61.5 Å². The Kier molecular flexibility index (Phi) is 6.65. The number of hydrogen-bond donors (Lipinski definition) is 0. The van der Waals surface area contributed by atoms with Gasteiger partial charge >= 0.3 is 5.97 Å². The maximum absolute atomic E-state index is 13.6. The van der Waals surface area contributed by atoms with Crippen LogP contribution in [0.25, 0.3) is 0 Å². The topological polar surface area (TPSA) is 76.2 Å². The van der Waals surface area contributed by atoms with Crippen molar-refractivity contribution in [2.24, 2.45) is 5.92 Å². The van der Waals surface area contributed by atoms with E-state index >= 15 is 0 Å². The second-order valence-electron chi connectivity index (χ2n) is 8.70. The van der Waals surface area contributed by atoms with Crippen LogP contribution in [0.4, 0.5) is 0 Å². The predicted molar refractivity (Wildman–Crippen MR) is 119 cm³/mol. The number of Topliss-reactive ketones (excluding diaryl/α,β-unsaturated/α-hetero) is 1. The molecule has 0 aromatic heterocycles. The van der Waals surface area contributed by atoms with Crippen LogP contribution in [-0.2, 0) is 19.1 Å². The van der Waals surface area contributed by atoms with E-state index in [9.17, 15) is 14.4 Å². The summed E-state index contributed by atoms with van der Waals surface area (Å²) >= 11 is 0. The number of carbonyl (C=O) groups excluding carboxylic acids is 3.